The van der Waals surface area contributed by atoms with E-state index in [1.165, 1.54) is 6.07 Å². The Balaban J connectivity index is 2.23. The van der Waals surface area contributed by atoms with E-state index in [-0.39, 0.29) is 10.6 Å². The first-order valence-electron chi connectivity index (χ1n) is 5.67. The summed E-state index contributed by atoms with van der Waals surface area (Å²) >= 11 is 5.82. The van der Waals surface area contributed by atoms with Crippen molar-refractivity contribution in [3.63, 3.8) is 0 Å². The number of rotatable bonds is 3. The fraction of sp³-hybridized carbons (Fsp3) is 0.0714. The van der Waals surface area contributed by atoms with Crippen LogP contribution < -0.4 is 5.32 Å². The molecule has 0 radical (unpaired) electrons. The van der Waals surface area contributed by atoms with Gasteiger partial charge in [-0.05, 0) is 36.4 Å². The number of hydrogen-bond acceptors (Lipinski definition) is 2. The van der Waals surface area contributed by atoms with Gasteiger partial charge < -0.3 is 5.32 Å². The molecule has 1 atom stereocenters. The Kier molecular flexibility index (Phi) is 4.52. The molecule has 0 aliphatic heterocycles. The van der Waals surface area contributed by atoms with Gasteiger partial charge >= 0.3 is 0 Å². The molecule has 0 bridgehead atoms. The Hall–Kier alpha value is -1.72. The van der Waals surface area contributed by atoms with Crippen LogP contribution >= 0.6 is 11.6 Å². The van der Waals surface area contributed by atoms with Crippen LogP contribution in [0.2, 0.25) is 5.02 Å². The van der Waals surface area contributed by atoms with E-state index in [0.29, 0.717) is 10.6 Å². The first-order chi connectivity index (χ1) is 9.47. The summed E-state index contributed by atoms with van der Waals surface area (Å²) in [5.74, 6) is -0.955. The zero-order chi connectivity index (χ0) is 14.7. The lowest BCUT2D eigenvalue weighted by Gasteiger charge is -2.08. The van der Waals surface area contributed by atoms with Crippen LogP contribution in [-0.2, 0) is 10.8 Å². The van der Waals surface area contributed by atoms with Crippen molar-refractivity contribution >= 4 is 34.0 Å². The molecule has 0 saturated heterocycles. The van der Waals surface area contributed by atoms with Gasteiger partial charge in [-0.3, -0.25) is 9.00 Å². The molecule has 0 fully saturated rings. The Morgan fingerprint density at radius 3 is 2.65 bits per heavy atom. The Morgan fingerprint density at radius 2 is 2.00 bits per heavy atom. The normalized spacial score (nSPS) is 11.9. The van der Waals surface area contributed by atoms with Crippen LogP contribution in [0.5, 0.6) is 0 Å². The fourth-order valence-corrected chi connectivity index (χ4v) is 2.44. The molecule has 0 aliphatic carbocycles. The van der Waals surface area contributed by atoms with Crippen molar-refractivity contribution < 1.29 is 13.4 Å². The molecular weight excluding hydrogens is 301 g/mol. The molecule has 1 N–H and O–H groups in total. The van der Waals surface area contributed by atoms with Crippen LogP contribution in [0.25, 0.3) is 0 Å². The Morgan fingerprint density at radius 1 is 1.25 bits per heavy atom. The monoisotopic (exact) mass is 311 g/mol. The lowest BCUT2D eigenvalue weighted by Crippen LogP contribution is -2.12. The molecule has 20 heavy (non-hydrogen) atoms. The van der Waals surface area contributed by atoms with E-state index in [9.17, 15) is 13.4 Å². The maximum absolute atomic E-state index is 12.9. The maximum atomic E-state index is 12.9. The first-order valence-corrected chi connectivity index (χ1v) is 7.61. The number of anilines is 1. The predicted octanol–water partition coefficient (Wildman–Crippen LogP) is 3.47. The smallest absolute Gasteiger partial charge is 0.257 e. The van der Waals surface area contributed by atoms with Crippen molar-refractivity contribution in [1.82, 2.24) is 0 Å². The molecule has 0 heterocycles. The summed E-state index contributed by atoms with van der Waals surface area (Å²) in [6, 6.07) is 10.2. The number of hydrogen-bond donors (Lipinski definition) is 1. The average Bonchev–Trinajstić information content (AvgIpc) is 2.38. The van der Waals surface area contributed by atoms with E-state index in [0.717, 1.165) is 12.1 Å². The Bertz CT molecular complexity index is 691. The highest BCUT2D eigenvalue weighted by atomic mass is 35.5. The van der Waals surface area contributed by atoms with Crippen molar-refractivity contribution in [2.75, 3.05) is 11.6 Å². The predicted molar refractivity (Wildman–Crippen MR) is 78.1 cm³/mol. The van der Waals surface area contributed by atoms with Gasteiger partial charge in [0, 0.05) is 27.6 Å². The topological polar surface area (TPSA) is 46.2 Å². The van der Waals surface area contributed by atoms with Crippen molar-refractivity contribution in [2.45, 2.75) is 4.90 Å². The molecule has 2 aromatic rings. The number of carbonyl (C=O) groups excluding carboxylic acids is 1. The van der Waals surface area contributed by atoms with E-state index in [1.54, 1.807) is 30.5 Å². The van der Waals surface area contributed by atoms with E-state index in [4.69, 9.17) is 11.6 Å². The van der Waals surface area contributed by atoms with Gasteiger partial charge in [-0.2, -0.15) is 0 Å². The highest BCUT2D eigenvalue weighted by Gasteiger charge is 2.11. The summed E-state index contributed by atoms with van der Waals surface area (Å²) in [4.78, 5) is 12.6. The third kappa shape index (κ3) is 3.43. The molecule has 1 amide bonds. The van der Waals surface area contributed by atoms with Gasteiger partial charge in [0.2, 0.25) is 0 Å². The van der Waals surface area contributed by atoms with Crippen molar-refractivity contribution in [3.8, 4) is 0 Å². The van der Waals surface area contributed by atoms with Crippen LogP contribution in [0.4, 0.5) is 10.1 Å². The third-order valence-corrected chi connectivity index (χ3v) is 3.83. The van der Waals surface area contributed by atoms with Crippen molar-refractivity contribution in [1.29, 1.82) is 0 Å². The second kappa shape index (κ2) is 6.15. The SMILES string of the molecule is CS(=O)c1cccc(NC(=O)c2ccc(F)cc2Cl)c1. The molecule has 3 nitrogen and oxygen atoms in total. The largest absolute Gasteiger partial charge is 0.322 e. The van der Waals surface area contributed by atoms with Gasteiger partial charge in [0.25, 0.3) is 5.91 Å². The van der Waals surface area contributed by atoms with E-state index < -0.39 is 22.5 Å². The number of nitrogens with one attached hydrogen (secondary N) is 1. The van der Waals surface area contributed by atoms with Gasteiger partial charge in [0.1, 0.15) is 5.82 Å². The third-order valence-electron chi connectivity index (χ3n) is 2.60. The van der Waals surface area contributed by atoms with Crippen LogP contribution in [0.1, 0.15) is 10.4 Å². The van der Waals surface area contributed by atoms with E-state index in [1.807, 2.05) is 0 Å². The Labute approximate surface area is 123 Å². The molecule has 0 spiro atoms. The lowest BCUT2D eigenvalue weighted by molar-refractivity contribution is 0.102. The number of benzene rings is 2. The second-order valence-corrected chi connectivity index (χ2v) is 5.85. The van der Waals surface area contributed by atoms with Gasteiger partial charge in [0.15, 0.2) is 0 Å². The zero-order valence-electron chi connectivity index (χ0n) is 10.5. The van der Waals surface area contributed by atoms with Crippen LogP contribution in [0, 0.1) is 5.82 Å². The minimum absolute atomic E-state index is 0.0396. The summed E-state index contributed by atoms with van der Waals surface area (Å²) in [7, 11) is -1.13. The van der Waals surface area contributed by atoms with Crippen molar-refractivity contribution in [3.05, 3.63) is 58.9 Å². The molecule has 0 aromatic heterocycles. The zero-order valence-corrected chi connectivity index (χ0v) is 12.1. The standard InChI is InChI=1S/C14H11ClFNO2S/c1-20(19)11-4-2-3-10(8-11)17-14(18)12-6-5-9(16)7-13(12)15/h2-8H,1H3,(H,17,18). The summed E-state index contributed by atoms with van der Waals surface area (Å²) in [5, 5.41) is 2.67. The minimum atomic E-state index is -1.13. The van der Waals surface area contributed by atoms with E-state index in [2.05, 4.69) is 5.32 Å². The first kappa shape index (κ1) is 14.7. The maximum Gasteiger partial charge on any atom is 0.257 e. The number of halogens is 2. The van der Waals surface area contributed by atoms with Gasteiger partial charge in [-0.15, -0.1) is 0 Å². The molecule has 2 rings (SSSR count). The number of amides is 1. The molecular formula is C14H11ClFNO2S. The summed E-state index contributed by atoms with van der Waals surface area (Å²) in [5.41, 5.74) is 0.680. The molecule has 2 aromatic carbocycles. The molecule has 0 saturated carbocycles. The summed E-state index contributed by atoms with van der Waals surface area (Å²) in [6.07, 6.45) is 1.55. The molecule has 1 unspecified atom stereocenters. The highest BCUT2D eigenvalue weighted by Crippen LogP contribution is 2.20. The van der Waals surface area contributed by atoms with Crippen LogP contribution in [-0.4, -0.2) is 16.4 Å². The molecule has 6 heteroatoms. The molecule has 0 aliphatic rings. The fourth-order valence-electron chi connectivity index (χ4n) is 1.62. The quantitative estimate of drug-likeness (QED) is 0.943. The summed E-state index contributed by atoms with van der Waals surface area (Å²) in [6.45, 7) is 0. The minimum Gasteiger partial charge on any atom is -0.322 e. The number of carbonyl (C=O) groups is 1. The van der Waals surface area contributed by atoms with Gasteiger partial charge in [-0.25, -0.2) is 4.39 Å². The van der Waals surface area contributed by atoms with Crippen LogP contribution in [0.15, 0.2) is 47.4 Å². The lowest BCUT2D eigenvalue weighted by atomic mass is 10.2. The summed E-state index contributed by atoms with van der Waals surface area (Å²) < 4.78 is 24.3. The van der Waals surface area contributed by atoms with Crippen molar-refractivity contribution in [2.24, 2.45) is 0 Å². The van der Waals surface area contributed by atoms with Gasteiger partial charge in [-0.1, -0.05) is 17.7 Å². The second-order valence-electron chi connectivity index (χ2n) is 4.06. The van der Waals surface area contributed by atoms with E-state index >= 15 is 0 Å². The van der Waals surface area contributed by atoms with Gasteiger partial charge in [0.05, 0.1) is 10.6 Å². The molecule has 104 valence electrons. The average molecular weight is 312 g/mol. The highest BCUT2D eigenvalue weighted by molar-refractivity contribution is 7.84. The van der Waals surface area contributed by atoms with Crippen LogP contribution in [0.3, 0.4) is 0 Å².